The Balaban J connectivity index is 4.29. The summed E-state index contributed by atoms with van der Waals surface area (Å²) in [5, 5.41) is 0. The number of allylic oxidation sites excluding steroid dienone is 4. The quantitative estimate of drug-likeness (QED) is 0.0262. The van der Waals surface area contributed by atoms with Crippen LogP contribution in [0.4, 0.5) is 0 Å². The second-order valence-corrected chi connectivity index (χ2v) is 18.2. The lowest BCUT2D eigenvalue weighted by atomic mass is 10.0. The lowest BCUT2D eigenvalue weighted by Gasteiger charge is -2.18. The highest BCUT2D eigenvalue weighted by Crippen LogP contribution is 2.16. The normalized spacial score (nSPS) is 12.1. The van der Waals surface area contributed by atoms with Gasteiger partial charge in [0.05, 0.1) is 0 Å². The minimum absolute atomic E-state index is 0.0674. The maximum Gasteiger partial charge on any atom is 0.306 e. The van der Waals surface area contributed by atoms with Gasteiger partial charge in [0.2, 0.25) is 0 Å². The molecule has 358 valence electrons. The zero-order chi connectivity index (χ0) is 44.4. The molecule has 0 saturated carbocycles. The molecule has 6 nitrogen and oxygen atoms in total. The van der Waals surface area contributed by atoms with Crippen LogP contribution in [0.3, 0.4) is 0 Å². The molecule has 61 heavy (non-hydrogen) atoms. The van der Waals surface area contributed by atoms with Gasteiger partial charge < -0.3 is 14.2 Å². The predicted octanol–water partition coefficient (Wildman–Crippen LogP) is 17.5. The van der Waals surface area contributed by atoms with Crippen molar-refractivity contribution in [2.45, 2.75) is 297 Å². The van der Waals surface area contributed by atoms with Crippen molar-refractivity contribution in [3.8, 4) is 0 Å². The molecule has 0 aliphatic rings. The van der Waals surface area contributed by atoms with E-state index in [1.54, 1.807) is 0 Å². The van der Waals surface area contributed by atoms with Gasteiger partial charge in [-0.15, -0.1) is 0 Å². The third-order valence-corrected chi connectivity index (χ3v) is 12.0. The summed E-state index contributed by atoms with van der Waals surface area (Å²) in [5.41, 5.74) is 0. The topological polar surface area (TPSA) is 78.9 Å². The van der Waals surface area contributed by atoms with Crippen molar-refractivity contribution in [1.82, 2.24) is 0 Å². The first-order valence-electron chi connectivity index (χ1n) is 26.8. The molecular weight excluding hydrogens is 757 g/mol. The van der Waals surface area contributed by atoms with E-state index in [9.17, 15) is 14.4 Å². The van der Waals surface area contributed by atoms with Crippen molar-refractivity contribution in [1.29, 1.82) is 0 Å². The van der Waals surface area contributed by atoms with E-state index in [0.29, 0.717) is 19.3 Å². The van der Waals surface area contributed by atoms with Crippen molar-refractivity contribution >= 4 is 17.9 Å². The van der Waals surface area contributed by atoms with Gasteiger partial charge in [-0.05, 0) is 51.4 Å². The number of carbonyl (C=O) groups is 3. The molecule has 0 spiro atoms. The lowest BCUT2D eigenvalue weighted by Crippen LogP contribution is -2.30. The van der Waals surface area contributed by atoms with Crippen molar-refractivity contribution in [2.24, 2.45) is 0 Å². The Morgan fingerprint density at radius 1 is 0.328 bits per heavy atom. The van der Waals surface area contributed by atoms with Gasteiger partial charge >= 0.3 is 17.9 Å². The van der Waals surface area contributed by atoms with E-state index in [4.69, 9.17) is 14.2 Å². The summed E-state index contributed by atoms with van der Waals surface area (Å²) >= 11 is 0. The second kappa shape index (κ2) is 50.5. The summed E-state index contributed by atoms with van der Waals surface area (Å²) in [7, 11) is 0. The molecular formula is C55H102O6. The van der Waals surface area contributed by atoms with Crippen molar-refractivity contribution in [3.05, 3.63) is 24.3 Å². The molecule has 1 atom stereocenters. The fraction of sp³-hybridized carbons (Fsp3) is 0.873. The molecule has 0 rings (SSSR count). The third-order valence-electron chi connectivity index (χ3n) is 12.0. The zero-order valence-corrected chi connectivity index (χ0v) is 40.9. The van der Waals surface area contributed by atoms with Gasteiger partial charge in [0, 0.05) is 19.3 Å². The summed E-state index contributed by atoms with van der Waals surface area (Å²) in [6.45, 7) is 6.63. The minimum Gasteiger partial charge on any atom is -0.462 e. The fourth-order valence-electron chi connectivity index (χ4n) is 7.89. The van der Waals surface area contributed by atoms with Crippen LogP contribution in [0.25, 0.3) is 0 Å². The van der Waals surface area contributed by atoms with Crippen LogP contribution < -0.4 is 0 Å². The number of esters is 3. The van der Waals surface area contributed by atoms with Gasteiger partial charge in [-0.2, -0.15) is 0 Å². The van der Waals surface area contributed by atoms with Crippen molar-refractivity contribution in [2.75, 3.05) is 13.2 Å². The summed E-state index contributed by atoms with van der Waals surface area (Å²) < 4.78 is 16.8. The first-order chi connectivity index (χ1) is 30.0. The zero-order valence-electron chi connectivity index (χ0n) is 40.9. The summed E-state index contributed by atoms with van der Waals surface area (Å²) in [6, 6.07) is 0. The molecule has 0 fully saturated rings. The highest BCUT2D eigenvalue weighted by molar-refractivity contribution is 5.71. The van der Waals surface area contributed by atoms with Crippen molar-refractivity contribution in [3.63, 3.8) is 0 Å². The van der Waals surface area contributed by atoms with E-state index in [0.717, 1.165) is 64.2 Å². The van der Waals surface area contributed by atoms with Gasteiger partial charge in [0.1, 0.15) is 13.2 Å². The number of ether oxygens (including phenoxy) is 3. The number of hydrogen-bond donors (Lipinski definition) is 0. The maximum atomic E-state index is 12.8. The van der Waals surface area contributed by atoms with Crippen LogP contribution in [0.2, 0.25) is 0 Å². The van der Waals surface area contributed by atoms with E-state index in [1.165, 1.54) is 186 Å². The largest absolute Gasteiger partial charge is 0.462 e. The summed E-state index contributed by atoms with van der Waals surface area (Å²) in [6.07, 6.45) is 57.3. The molecule has 0 aliphatic carbocycles. The molecule has 0 unspecified atom stereocenters. The highest BCUT2D eigenvalue weighted by Gasteiger charge is 2.19. The molecule has 0 heterocycles. The van der Waals surface area contributed by atoms with Crippen LogP contribution in [0.15, 0.2) is 24.3 Å². The van der Waals surface area contributed by atoms with E-state index >= 15 is 0 Å². The van der Waals surface area contributed by atoms with Gasteiger partial charge in [0.15, 0.2) is 6.10 Å². The first kappa shape index (κ1) is 58.9. The van der Waals surface area contributed by atoms with E-state index in [2.05, 4.69) is 45.1 Å². The van der Waals surface area contributed by atoms with E-state index in [1.807, 2.05) is 0 Å². The first-order valence-corrected chi connectivity index (χ1v) is 26.8. The average molecular weight is 859 g/mol. The monoisotopic (exact) mass is 859 g/mol. The molecule has 0 aromatic rings. The van der Waals surface area contributed by atoms with Crippen LogP contribution in [-0.4, -0.2) is 37.2 Å². The molecule has 0 aromatic carbocycles. The Morgan fingerprint density at radius 3 is 0.934 bits per heavy atom. The Labute approximate surface area is 379 Å². The van der Waals surface area contributed by atoms with Crippen LogP contribution >= 0.6 is 0 Å². The van der Waals surface area contributed by atoms with Crippen LogP contribution in [0.5, 0.6) is 0 Å². The fourth-order valence-corrected chi connectivity index (χ4v) is 7.89. The molecule has 0 radical (unpaired) electrons. The summed E-state index contributed by atoms with van der Waals surface area (Å²) in [5.74, 6) is -0.857. The number of rotatable bonds is 49. The Morgan fingerprint density at radius 2 is 0.590 bits per heavy atom. The van der Waals surface area contributed by atoms with Gasteiger partial charge in [0.25, 0.3) is 0 Å². The van der Waals surface area contributed by atoms with Crippen molar-refractivity contribution < 1.29 is 28.6 Å². The maximum absolute atomic E-state index is 12.8. The molecule has 0 N–H and O–H groups in total. The summed E-state index contributed by atoms with van der Waals surface area (Å²) in [4.78, 5) is 38.0. The third kappa shape index (κ3) is 48.8. The molecule has 0 aliphatic heterocycles. The standard InChI is InChI=1S/C55H102O6/c1-4-7-10-13-16-19-22-24-25-26-27-28-29-31-33-36-39-42-45-48-54(57)60-51-52(50-59-53(56)47-44-41-38-35-32-21-18-15-12-9-6-3)61-55(58)49-46-43-40-37-34-30-23-20-17-14-11-8-5-2/h16,19,24-25,52H,4-15,17-18,20-23,26-51H2,1-3H3/b19-16-,25-24-/t52-/m1/s1. The van der Waals surface area contributed by atoms with Crippen LogP contribution in [-0.2, 0) is 28.6 Å². The van der Waals surface area contributed by atoms with Gasteiger partial charge in [-0.3, -0.25) is 14.4 Å². The van der Waals surface area contributed by atoms with E-state index < -0.39 is 6.10 Å². The minimum atomic E-state index is -0.766. The Bertz CT molecular complexity index is 989. The molecule has 0 saturated heterocycles. The van der Waals surface area contributed by atoms with Crippen LogP contribution in [0, 0.1) is 0 Å². The van der Waals surface area contributed by atoms with E-state index in [-0.39, 0.29) is 31.1 Å². The van der Waals surface area contributed by atoms with Gasteiger partial charge in [-0.25, -0.2) is 0 Å². The molecule has 0 bridgehead atoms. The van der Waals surface area contributed by atoms with Crippen LogP contribution in [0.1, 0.15) is 290 Å². The number of hydrogen-bond acceptors (Lipinski definition) is 6. The second-order valence-electron chi connectivity index (χ2n) is 18.2. The molecule has 6 heteroatoms. The number of unbranched alkanes of at least 4 members (excludes halogenated alkanes) is 34. The Kier molecular flexibility index (Phi) is 48.8. The molecule has 0 aromatic heterocycles. The SMILES string of the molecule is CCCCC/C=C\C/C=C\CCCCCCCCCCCC(=O)OC[C@@H](COC(=O)CCCCCCCCCCCCC)OC(=O)CCCCCCCCCCCCCCC. The van der Waals surface area contributed by atoms with Gasteiger partial charge in [-0.1, -0.05) is 244 Å². The highest BCUT2D eigenvalue weighted by atomic mass is 16.6. The average Bonchev–Trinajstić information content (AvgIpc) is 3.26. The predicted molar refractivity (Wildman–Crippen MR) is 261 cm³/mol. The lowest BCUT2D eigenvalue weighted by molar-refractivity contribution is -0.167. The molecule has 0 amide bonds. The Hall–Kier alpha value is -2.11. The smallest absolute Gasteiger partial charge is 0.306 e. The number of carbonyl (C=O) groups excluding carboxylic acids is 3.